The Bertz CT molecular complexity index is 528. The lowest BCUT2D eigenvalue weighted by Crippen LogP contribution is -2.55. The molecule has 6 heteroatoms. The number of carbonyl (C=O) groups is 3. The van der Waals surface area contributed by atoms with Crippen LogP contribution in [0.15, 0.2) is 0 Å². The average Bonchev–Trinajstić information content (AvgIpc) is 2.58. The van der Waals surface area contributed by atoms with E-state index in [4.69, 9.17) is 0 Å². The number of hydrogen-bond donors (Lipinski definition) is 1. The minimum Gasteiger partial charge on any atom is -0.344 e. The highest BCUT2D eigenvalue weighted by atomic mass is 16.2. The summed E-state index contributed by atoms with van der Waals surface area (Å²) < 4.78 is 0. The highest BCUT2D eigenvalue weighted by molar-refractivity contribution is 5.88. The number of nitrogens with zero attached hydrogens (tertiary/aromatic N) is 2. The van der Waals surface area contributed by atoms with E-state index in [1.807, 2.05) is 32.6 Å². The average molecular weight is 396 g/mol. The summed E-state index contributed by atoms with van der Waals surface area (Å²) in [5.41, 5.74) is -0.0278. The van der Waals surface area contributed by atoms with Crippen molar-refractivity contribution in [1.82, 2.24) is 15.1 Å². The van der Waals surface area contributed by atoms with E-state index < -0.39 is 6.04 Å². The third kappa shape index (κ3) is 7.80. The van der Waals surface area contributed by atoms with Crippen LogP contribution >= 0.6 is 0 Å². The number of rotatable bonds is 8. The van der Waals surface area contributed by atoms with Crippen molar-refractivity contribution in [3.8, 4) is 0 Å². The first kappa shape index (κ1) is 24.4. The molecule has 0 bridgehead atoms. The maximum absolute atomic E-state index is 13.1. The molecule has 0 unspecified atom stereocenters. The van der Waals surface area contributed by atoms with Crippen LogP contribution in [0.4, 0.5) is 0 Å². The molecule has 1 N–H and O–H groups in total. The maximum atomic E-state index is 13.1. The number of likely N-dealkylation sites (tertiary alicyclic amines) is 1. The molecule has 0 aromatic carbocycles. The molecule has 0 aromatic heterocycles. The van der Waals surface area contributed by atoms with Crippen molar-refractivity contribution < 1.29 is 14.4 Å². The van der Waals surface area contributed by atoms with Crippen LogP contribution in [0.3, 0.4) is 0 Å². The van der Waals surface area contributed by atoms with Gasteiger partial charge in [-0.25, -0.2) is 0 Å². The zero-order valence-electron chi connectivity index (χ0n) is 19.0. The lowest BCUT2D eigenvalue weighted by Gasteiger charge is -2.38. The minimum absolute atomic E-state index is 0.00146. The van der Waals surface area contributed by atoms with E-state index in [0.29, 0.717) is 39.0 Å². The lowest BCUT2D eigenvalue weighted by molar-refractivity contribution is -0.139. The van der Waals surface area contributed by atoms with E-state index in [1.165, 1.54) is 0 Å². The van der Waals surface area contributed by atoms with Gasteiger partial charge in [0.2, 0.25) is 17.7 Å². The lowest BCUT2D eigenvalue weighted by atomic mass is 9.86. The highest BCUT2D eigenvalue weighted by Gasteiger charge is 2.35. The van der Waals surface area contributed by atoms with Crippen molar-refractivity contribution in [2.45, 2.75) is 80.2 Å². The van der Waals surface area contributed by atoms with Gasteiger partial charge in [0.05, 0.1) is 0 Å². The molecule has 1 heterocycles. The summed E-state index contributed by atoms with van der Waals surface area (Å²) in [4.78, 5) is 41.7. The number of likely N-dealkylation sites (N-methyl/N-ethyl adjacent to an activating group) is 1. The molecule has 1 aliphatic rings. The fourth-order valence-corrected chi connectivity index (χ4v) is 3.76. The Morgan fingerprint density at radius 3 is 2.04 bits per heavy atom. The van der Waals surface area contributed by atoms with Crippen molar-refractivity contribution in [1.29, 1.82) is 0 Å². The van der Waals surface area contributed by atoms with Crippen molar-refractivity contribution in [3.05, 3.63) is 0 Å². The van der Waals surface area contributed by atoms with Gasteiger partial charge < -0.3 is 15.1 Å². The molecule has 0 spiro atoms. The van der Waals surface area contributed by atoms with Gasteiger partial charge in [-0.1, -0.05) is 34.6 Å². The van der Waals surface area contributed by atoms with Gasteiger partial charge in [-0.05, 0) is 43.9 Å². The van der Waals surface area contributed by atoms with Gasteiger partial charge in [0.15, 0.2) is 0 Å². The summed E-state index contributed by atoms with van der Waals surface area (Å²) in [6.07, 6.45) is 2.45. The van der Waals surface area contributed by atoms with E-state index in [9.17, 15) is 14.4 Å². The van der Waals surface area contributed by atoms with Gasteiger partial charge >= 0.3 is 0 Å². The molecule has 28 heavy (non-hydrogen) atoms. The molecule has 1 atom stereocenters. The first-order chi connectivity index (χ1) is 13.0. The summed E-state index contributed by atoms with van der Waals surface area (Å²) in [5.74, 6) is 0.443. The van der Waals surface area contributed by atoms with Crippen LogP contribution in [0.5, 0.6) is 0 Å². The summed E-state index contributed by atoms with van der Waals surface area (Å²) in [6, 6.07) is -0.494. The Hall–Kier alpha value is -1.59. The van der Waals surface area contributed by atoms with Gasteiger partial charge in [-0.2, -0.15) is 0 Å². The summed E-state index contributed by atoms with van der Waals surface area (Å²) in [6.45, 7) is 16.7. The topological polar surface area (TPSA) is 69.7 Å². The van der Waals surface area contributed by atoms with Crippen LogP contribution in [0, 0.1) is 17.3 Å². The Kier molecular flexibility index (Phi) is 9.45. The monoisotopic (exact) mass is 395 g/mol. The highest BCUT2D eigenvalue weighted by Crippen LogP contribution is 2.26. The summed E-state index contributed by atoms with van der Waals surface area (Å²) in [5, 5.41) is 3.02. The molecule has 0 aliphatic carbocycles. The Morgan fingerprint density at radius 1 is 1.07 bits per heavy atom. The van der Waals surface area contributed by atoms with Crippen LogP contribution in [-0.2, 0) is 14.4 Å². The van der Waals surface area contributed by atoms with Gasteiger partial charge in [0.25, 0.3) is 0 Å². The zero-order chi connectivity index (χ0) is 21.5. The molecule has 162 valence electrons. The molecular formula is C22H41N3O3. The molecule has 1 saturated heterocycles. The Labute approximate surface area is 171 Å². The van der Waals surface area contributed by atoms with Gasteiger partial charge in [-0.3, -0.25) is 14.4 Å². The normalized spacial score (nSPS) is 16.8. The number of nitrogens with one attached hydrogen (secondary N) is 1. The number of carbonyl (C=O) groups excluding carboxylic acids is 3. The van der Waals surface area contributed by atoms with Gasteiger partial charge in [0, 0.05) is 39.0 Å². The Balaban J connectivity index is 2.81. The third-order valence-electron chi connectivity index (χ3n) is 5.30. The summed E-state index contributed by atoms with van der Waals surface area (Å²) >= 11 is 0. The van der Waals surface area contributed by atoms with Crippen LogP contribution < -0.4 is 5.32 Å². The molecule has 3 amide bonds. The van der Waals surface area contributed by atoms with Gasteiger partial charge in [-0.15, -0.1) is 0 Å². The molecule has 1 fully saturated rings. The second-order valence-electron chi connectivity index (χ2n) is 9.61. The fraction of sp³-hybridized carbons (Fsp3) is 0.864. The first-order valence-corrected chi connectivity index (χ1v) is 10.8. The zero-order valence-corrected chi connectivity index (χ0v) is 19.0. The van der Waals surface area contributed by atoms with Crippen molar-refractivity contribution in [2.24, 2.45) is 17.3 Å². The minimum atomic E-state index is -0.494. The molecule has 6 nitrogen and oxygen atoms in total. The predicted molar refractivity (Wildman–Crippen MR) is 113 cm³/mol. The van der Waals surface area contributed by atoms with Crippen LogP contribution in [0.1, 0.15) is 74.1 Å². The van der Waals surface area contributed by atoms with Crippen LogP contribution in [-0.4, -0.2) is 59.7 Å². The van der Waals surface area contributed by atoms with Crippen LogP contribution in [0.2, 0.25) is 0 Å². The second-order valence-corrected chi connectivity index (χ2v) is 9.61. The standard InChI is InChI=1S/C22H41N3O3/c1-8-24(9-2)21(28)20(23-18(26)14-16(3)4)17-10-12-25(13-11-17)19(27)15-22(5,6)7/h16-17,20H,8-15H2,1-7H3,(H,23,26)/t20-/m1/s1. The van der Waals surface area contributed by atoms with Gasteiger partial charge in [0.1, 0.15) is 6.04 Å². The van der Waals surface area contributed by atoms with Crippen molar-refractivity contribution in [2.75, 3.05) is 26.2 Å². The molecule has 1 aliphatic heterocycles. The Morgan fingerprint density at radius 2 is 1.61 bits per heavy atom. The number of hydrogen-bond acceptors (Lipinski definition) is 3. The van der Waals surface area contributed by atoms with E-state index in [-0.39, 0.29) is 35.0 Å². The largest absolute Gasteiger partial charge is 0.344 e. The number of amides is 3. The predicted octanol–water partition coefficient (Wildman–Crippen LogP) is 3.06. The molecule has 0 aromatic rings. The first-order valence-electron chi connectivity index (χ1n) is 10.8. The quantitative estimate of drug-likeness (QED) is 0.687. The van der Waals surface area contributed by atoms with E-state index >= 15 is 0 Å². The molecular weight excluding hydrogens is 354 g/mol. The maximum Gasteiger partial charge on any atom is 0.245 e. The van der Waals surface area contributed by atoms with Crippen molar-refractivity contribution in [3.63, 3.8) is 0 Å². The van der Waals surface area contributed by atoms with E-state index in [0.717, 1.165) is 12.8 Å². The smallest absolute Gasteiger partial charge is 0.245 e. The van der Waals surface area contributed by atoms with Crippen LogP contribution in [0.25, 0.3) is 0 Å². The third-order valence-corrected chi connectivity index (χ3v) is 5.30. The molecule has 0 saturated carbocycles. The van der Waals surface area contributed by atoms with E-state index in [2.05, 4.69) is 26.1 Å². The SMILES string of the molecule is CCN(CC)C(=O)[C@H](NC(=O)CC(C)C)C1CCN(C(=O)CC(C)(C)C)CC1. The summed E-state index contributed by atoms with van der Waals surface area (Å²) in [7, 11) is 0. The number of piperidine rings is 1. The van der Waals surface area contributed by atoms with Crippen molar-refractivity contribution >= 4 is 17.7 Å². The second kappa shape index (κ2) is 10.8. The molecule has 1 rings (SSSR count). The molecule has 0 radical (unpaired) electrons. The fourth-order valence-electron chi connectivity index (χ4n) is 3.76. The van der Waals surface area contributed by atoms with E-state index in [1.54, 1.807) is 4.90 Å².